The van der Waals surface area contributed by atoms with Crippen LogP contribution in [0.25, 0.3) is 0 Å². The van der Waals surface area contributed by atoms with Gasteiger partial charge in [-0.15, -0.1) is 0 Å². The molecule has 6 nitrogen and oxygen atoms in total. The average Bonchev–Trinajstić information content (AvgIpc) is 3.19. The number of carboxylic acids is 1. The number of nitrogens with zero attached hydrogens (tertiary/aromatic N) is 2. The van der Waals surface area contributed by atoms with Gasteiger partial charge in [-0.05, 0) is 48.7 Å². The van der Waals surface area contributed by atoms with E-state index >= 15 is 0 Å². The second-order valence-electron chi connectivity index (χ2n) is 8.06. The van der Waals surface area contributed by atoms with Crippen LogP contribution in [0.4, 0.5) is 5.69 Å². The summed E-state index contributed by atoms with van der Waals surface area (Å²) in [6.07, 6.45) is 5.66. The number of carbonyl (C=O) groups excluding carboxylic acids is 1. The molecule has 2 N–H and O–H groups in total. The minimum atomic E-state index is -1.06. The zero-order valence-electron chi connectivity index (χ0n) is 17.2. The van der Waals surface area contributed by atoms with E-state index in [0.29, 0.717) is 33.4 Å². The molecule has 0 aromatic heterocycles. The van der Waals surface area contributed by atoms with Crippen molar-refractivity contribution in [1.82, 2.24) is 5.32 Å². The number of carboxylic acid groups (broad SMARTS) is 1. The molecule has 2 aromatic rings. The second kappa shape index (κ2) is 9.69. The molecule has 4 rings (SSSR count). The Balaban J connectivity index is 1.67. The predicted molar refractivity (Wildman–Crippen MR) is 127 cm³/mol. The van der Waals surface area contributed by atoms with Gasteiger partial charge in [0, 0.05) is 22.5 Å². The zero-order valence-corrected chi connectivity index (χ0v) is 19.4. The standard InChI is InChI=1S/C23H22Cl3N3O3/c24-14-7-9-20(18(26)11-14)29-21(16-8-6-13(23(31)32)10-17(16)25)12-19(28-29)22(30)27-15-4-2-1-3-5-15/h6-11,15,21H,1-5,12H2,(H,27,30)(H,31,32). The molecule has 1 atom stereocenters. The smallest absolute Gasteiger partial charge is 0.335 e. The quantitative estimate of drug-likeness (QED) is 0.526. The summed E-state index contributed by atoms with van der Waals surface area (Å²) in [5.41, 5.74) is 1.71. The average molecular weight is 495 g/mol. The first-order valence-electron chi connectivity index (χ1n) is 10.5. The third-order valence-corrected chi connectivity index (χ3v) is 6.74. The topological polar surface area (TPSA) is 82.0 Å². The van der Waals surface area contributed by atoms with Gasteiger partial charge >= 0.3 is 5.97 Å². The summed E-state index contributed by atoms with van der Waals surface area (Å²) in [5, 5.41) is 19.8. The van der Waals surface area contributed by atoms with E-state index in [1.165, 1.54) is 18.6 Å². The molecule has 1 unspecified atom stereocenters. The largest absolute Gasteiger partial charge is 0.478 e. The van der Waals surface area contributed by atoms with Gasteiger partial charge in [-0.2, -0.15) is 5.10 Å². The van der Waals surface area contributed by atoms with Crippen molar-refractivity contribution in [2.24, 2.45) is 5.10 Å². The van der Waals surface area contributed by atoms with E-state index in [1.807, 2.05) is 0 Å². The van der Waals surface area contributed by atoms with E-state index in [0.717, 1.165) is 25.7 Å². The molecular weight excluding hydrogens is 473 g/mol. The lowest BCUT2D eigenvalue weighted by molar-refractivity contribution is -0.115. The summed E-state index contributed by atoms with van der Waals surface area (Å²) < 4.78 is 0. The van der Waals surface area contributed by atoms with Crippen LogP contribution >= 0.6 is 34.8 Å². The predicted octanol–water partition coefficient (Wildman–Crippen LogP) is 6.10. The first kappa shape index (κ1) is 22.9. The van der Waals surface area contributed by atoms with Gasteiger partial charge in [0.25, 0.3) is 5.91 Å². The summed E-state index contributed by atoms with van der Waals surface area (Å²) in [6, 6.07) is 9.34. The highest BCUT2D eigenvalue weighted by molar-refractivity contribution is 6.40. The van der Waals surface area contributed by atoms with Crippen LogP contribution in [0.5, 0.6) is 0 Å². The Morgan fingerprint density at radius 1 is 1.00 bits per heavy atom. The summed E-state index contributed by atoms with van der Waals surface area (Å²) in [5.74, 6) is -1.26. The minimum Gasteiger partial charge on any atom is -0.478 e. The highest BCUT2D eigenvalue weighted by atomic mass is 35.5. The van der Waals surface area contributed by atoms with Crippen molar-refractivity contribution >= 4 is 58.1 Å². The van der Waals surface area contributed by atoms with Gasteiger partial charge in [0.2, 0.25) is 0 Å². The number of benzene rings is 2. The van der Waals surface area contributed by atoms with Gasteiger partial charge in [-0.3, -0.25) is 9.80 Å². The lowest BCUT2D eigenvalue weighted by atomic mass is 9.95. The van der Waals surface area contributed by atoms with Crippen molar-refractivity contribution in [1.29, 1.82) is 0 Å². The Hall–Kier alpha value is -2.28. The number of anilines is 1. The summed E-state index contributed by atoms with van der Waals surface area (Å²) in [6.45, 7) is 0. The summed E-state index contributed by atoms with van der Waals surface area (Å²) in [7, 11) is 0. The van der Waals surface area contributed by atoms with Crippen molar-refractivity contribution in [3.8, 4) is 0 Å². The highest BCUT2D eigenvalue weighted by Gasteiger charge is 2.35. The number of hydrogen-bond donors (Lipinski definition) is 2. The van der Waals surface area contributed by atoms with Gasteiger partial charge in [-0.25, -0.2) is 4.79 Å². The molecule has 32 heavy (non-hydrogen) atoms. The number of hydrogen-bond acceptors (Lipinski definition) is 4. The number of hydrazone groups is 1. The van der Waals surface area contributed by atoms with Crippen LogP contribution in [0.1, 0.15) is 60.5 Å². The molecule has 2 aliphatic rings. The maximum Gasteiger partial charge on any atom is 0.335 e. The van der Waals surface area contributed by atoms with E-state index in [1.54, 1.807) is 29.3 Å². The molecule has 1 amide bonds. The van der Waals surface area contributed by atoms with Gasteiger partial charge in [0.15, 0.2) is 0 Å². The molecule has 1 aliphatic heterocycles. The van der Waals surface area contributed by atoms with Crippen LogP contribution in [0, 0.1) is 0 Å². The van der Waals surface area contributed by atoms with E-state index in [9.17, 15) is 14.7 Å². The molecule has 2 aromatic carbocycles. The first-order valence-corrected chi connectivity index (χ1v) is 11.6. The molecule has 0 spiro atoms. The fourth-order valence-corrected chi connectivity index (χ4v) is 5.03. The van der Waals surface area contributed by atoms with Gasteiger partial charge < -0.3 is 10.4 Å². The molecule has 1 heterocycles. The number of carbonyl (C=O) groups is 2. The zero-order chi connectivity index (χ0) is 22.8. The molecule has 9 heteroatoms. The molecule has 1 saturated carbocycles. The Morgan fingerprint density at radius 3 is 2.41 bits per heavy atom. The molecule has 0 saturated heterocycles. The van der Waals surface area contributed by atoms with Crippen molar-refractivity contribution in [3.63, 3.8) is 0 Å². The molecule has 0 radical (unpaired) electrons. The number of amides is 1. The fraction of sp³-hybridized carbons (Fsp3) is 0.348. The third-order valence-electron chi connectivity index (χ3n) is 5.88. The number of rotatable bonds is 5. The van der Waals surface area contributed by atoms with Crippen LogP contribution in [-0.4, -0.2) is 28.7 Å². The van der Waals surface area contributed by atoms with Gasteiger partial charge in [0.1, 0.15) is 5.71 Å². The maximum atomic E-state index is 13.0. The van der Waals surface area contributed by atoms with Crippen LogP contribution in [0.2, 0.25) is 15.1 Å². The monoisotopic (exact) mass is 493 g/mol. The molecule has 1 aliphatic carbocycles. The normalized spacial score (nSPS) is 19.0. The Labute approximate surface area is 201 Å². The SMILES string of the molecule is O=C(NC1CCCCC1)C1=NN(c2ccc(Cl)cc2Cl)C(c2ccc(C(=O)O)cc2Cl)C1. The molecular formula is C23H22Cl3N3O3. The number of nitrogens with one attached hydrogen (secondary N) is 1. The third kappa shape index (κ3) is 4.87. The van der Waals surface area contributed by atoms with Gasteiger partial charge in [-0.1, -0.05) is 60.1 Å². The molecule has 1 fully saturated rings. The van der Waals surface area contributed by atoms with E-state index in [2.05, 4.69) is 10.4 Å². The Morgan fingerprint density at radius 2 is 1.75 bits per heavy atom. The molecule has 168 valence electrons. The number of halogens is 3. The molecule has 0 bridgehead atoms. The van der Waals surface area contributed by atoms with Crippen molar-refractivity contribution in [3.05, 3.63) is 62.6 Å². The summed E-state index contributed by atoms with van der Waals surface area (Å²) in [4.78, 5) is 24.3. The van der Waals surface area contributed by atoms with E-state index in [4.69, 9.17) is 34.8 Å². The van der Waals surface area contributed by atoms with Gasteiger partial charge in [0.05, 0.1) is 22.3 Å². The second-order valence-corrected chi connectivity index (χ2v) is 9.31. The Bertz CT molecular complexity index is 1080. The minimum absolute atomic E-state index is 0.0870. The first-order chi connectivity index (χ1) is 15.3. The lowest BCUT2D eigenvalue weighted by Gasteiger charge is -2.25. The number of aromatic carboxylic acids is 1. The van der Waals surface area contributed by atoms with E-state index < -0.39 is 12.0 Å². The van der Waals surface area contributed by atoms with Crippen LogP contribution in [0.15, 0.2) is 41.5 Å². The van der Waals surface area contributed by atoms with E-state index in [-0.39, 0.29) is 22.5 Å². The summed E-state index contributed by atoms with van der Waals surface area (Å²) >= 11 is 19.0. The van der Waals surface area contributed by atoms with Crippen LogP contribution in [0.3, 0.4) is 0 Å². The van der Waals surface area contributed by atoms with Crippen molar-refractivity contribution in [2.75, 3.05) is 5.01 Å². The Kier molecular flexibility index (Phi) is 6.93. The van der Waals surface area contributed by atoms with Crippen molar-refractivity contribution in [2.45, 2.75) is 50.6 Å². The van der Waals surface area contributed by atoms with Crippen molar-refractivity contribution < 1.29 is 14.7 Å². The lowest BCUT2D eigenvalue weighted by Crippen LogP contribution is -2.39. The van der Waals surface area contributed by atoms with Crippen LogP contribution < -0.4 is 10.3 Å². The maximum absolute atomic E-state index is 13.0. The van der Waals surface area contributed by atoms with Crippen LogP contribution in [-0.2, 0) is 4.79 Å². The highest BCUT2D eigenvalue weighted by Crippen LogP contribution is 2.41. The fourth-order valence-electron chi connectivity index (χ4n) is 4.22.